The number of methoxy groups -OCH3 is 1. The number of pyridine rings is 1. The van der Waals surface area contributed by atoms with Gasteiger partial charge in [-0.2, -0.15) is 0 Å². The van der Waals surface area contributed by atoms with E-state index in [0.29, 0.717) is 17.6 Å². The van der Waals surface area contributed by atoms with Gasteiger partial charge in [-0.25, -0.2) is 4.98 Å². The summed E-state index contributed by atoms with van der Waals surface area (Å²) in [7, 11) is 1.63. The van der Waals surface area contributed by atoms with Crippen molar-refractivity contribution < 1.29 is 9.47 Å². The molecule has 0 amide bonds. The van der Waals surface area contributed by atoms with Crippen molar-refractivity contribution in [1.29, 1.82) is 0 Å². The molecule has 3 aromatic rings. The maximum Gasteiger partial charge on any atom is 0.223 e. The summed E-state index contributed by atoms with van der Waals surface area (Å²) in [6, 6.07) is 17.5. The molecule has 3 rings (SSSR count). The summed E-state index contributed by atoms with van der Waals surface area (Å²) in [6.07, 6.45) is 0. The molecular formula is C17H14ClNO2. The number of fused-ring (bicyclic) bond motifs is 1. The van der Waals surface area contributed by atoms with E-state index < -0.39 is 0 Å². The summed E-state index contributed by atoms with van der Waals surface area (Å²) in [4.78, 5) is 4.28. The summed E-state index contributed by atoms with van der Waals surface area (Å²) >= 11 is 6.06. The number of rotatable bonds is 4. The van der Waals surface area contributed by atoms with Crippen LogP contribution in [0.25, 0.3) is 10.8 Å². The van der Waals surface area contributed by atoms with E-state index in [0.717, 1.165) is 22.1 Å². The van der Waals surface area contributed by atoms with E-state index in [4.69, 9.17) is 21.1 Å². The SMILES string of the molecule is COc1ccc2cc(Cl)nc(OCc3ccccc3)c2c1. The Labute approximate surface area is 128 Å². The molecule has 4 heteroatoms. The molecule has 3 nitrogen and oxygen atoms in total. The zero-order chi connectivity index (χ0) is 14.7. The Morgan fingerprint density at radius 1 is 1.05 bits per heavy atom. The van der Waals surface area contributed by atoms with Crippen LogP contribution < -0.4 is 9.47 Å². The molecule has 0 saturated carbocycles. The lowest BCUT2D eigenvalue weighted by Crippen LogP contribution is -1.98. The topological polar surface area (TPSA) is 31.4 Å². The number of nitrogens with zero attached hydrogens (tertiary/aromatic N) is 1. The Morgan fingerprint density at radius 2 is 1.86 bits per heavy atom. The molecule has 21 heavy (non-hydrogen) atoms. The second kappa shape index (κ2) is 6.02. The maximum absolute atomic E-state index is 6.06. The zero-order valence-corrected chi connectivity index (χ0v) is 12.3. The molecular weight excluding hydrogens is 286 g/mol. The lowest BCUT2D eigenvalue weighted by atomic mass is 10.1. The summed E-state index contributed by atoms with van der Waals surface area (Å²) in [5.74, 6) is 1.27. The lowest BCUT2D eigenvalue weighted by Gasteiger charge is -2.10. The third kappa shape index (κ3) is 3.09. The Kier molecular flexibility index (Phi) is 3.93. The van der Waals surface area contributed by atoms with Crippen molar-refractivity contribution >= 4 is 22.4 Å². The van der Waals surface area contributed by atoms with Gasteiger partial charge in [0, 0.05) is 5.39 Å². The van der Waals surface area contributed by atoms with Crippen molar-refractivity contribution in [3.63, 3.8) is 0 Å². The second-order valence-electron chi connectivity index (χ2n) is 4.61. The molecule has 0 bridgehead atoms. The molecule has 0 N–H and O–H groups in total. The highest BCUT2D eigenvalue weighted by atomic mass is 35.5. The fourth-order valence-electron chi connectivity index (χ4n) is 2.13. The number of hydrogen-bond donors (Lipinski definition) is 0. The zero-order valence-electron chi connectivity index (χ0n) is 11.5. The van der Waals surface area contributed by atoms with E-state index in [-0.39, 0.29) is 0 Å². The van der Waals surface area contributed by atoms with Crippen molar-refractivity contribution in [2.45, 2.75) is 6.61 Å². The van der Waals surface area contributed by atoms with E-state index in [2.05, 4.69) is 4.98 Å². The summed E-state index contributed by atoms with van der Waals surface area (Å²) in [6.45, 7) is 0.445. The van der Waals surface area contributed by atoms with E-state index in [9.17, 15) is 0 Å². The number of benzene rings is 2. The lowest BCUT2D eigenvalue weighted by molar-refractivity contribution is 0.298. The van der Waals surface area contributed by atoms with Crippen LogP contribution in [-0.2, 0) is 6.61 Å². The molecule has 0 saturated heterocycles. The van der Waals surface area contributed by atoms with Gasteiger partial charge in [-0.3, -0.25) is 0 Å². The molecule has 0 aliphatic heterocycles. The molecule has 0 atom stereocenters. The van der Waals surface area contributed by atoms with Gasteiger partial charge in [0.05, 0.1) is 7.11 Å². The highest BCUT2D eigenvalue weighted by Gasteiger charge is 2.08. The normalized spacial score (nSPS) is 10.6. The van der Waals surface area contributed by atoms with Gasteiger partial charge in [-0.15, -0.1) is 0 Å². The molecule has 0 fully saturated rings. The predicted octanol–water partition coefficient (Wildman–Crippen LogP) is 4.48. The Bertz CT molecular complexity index is 759. The van der Waals surface area contributed by atoms with E-state index in [1.54, 1.807) is 7.11 Å². The summed E-state index contributed by atoms with van der Waals surface area (Å²) in [5.41, 5.74) is 1.08. The van der Waals surface area contributed by atoms with Crippen molar-refractivity contribution in [1.82, 2.24) is 4.98 Å². The van der Waals surface area contributed by atoms with Gasteiger partial charge >= 0.3 is 0 Å². The third-order valence-electron chi connectivity index (χ3n) is 3.19. The first-order valence-electron chi connectivity index (χ1n) is 6.57. The minimum atomic E-state index is 0.413. The highest BCUT2D eigenvalue weighted by Crippen LogP contribution is 2.30. The largest absolute Gasteiger partial charge is 0.497 e. The van der Waals surface area contributed by atoms with Gasteiger partial charge in [0.25, 0.3) is 0 Å². The van der Waals surface area contributed by atoms with Gasteiger partial charge in [0.1, 0.15) is 17.5 Å². The maximum atomic E-state index is 6.06. The molecule has 106 valence electrons. The Hall–Kier alpha value is -2.26. The van der Waals surface area contributed by atoms with Crippen molar-refractivity contribution in [3.8, 4) is 11.6 Å². The van der Waals surface area contributed by atoms with Crippen LogP contribution in [0.1, 0.15) is 5.56 Å². The van der Waals surface area contributed by atoms with E-state index in [1.165, 1.54) is 0 Å². The highest BCUT2D eigenvalue weighted by molar-refractivity contribution is 6.30. The minimum Gasteiger partial charge on any atom is -0.497 e. The van der Waals surface area contributed by atoms with E-state index in [1.807, 2.05) is 54.6 Å². The molecule has 0 aliphatic carbocycles. The van der Waals surface area contributed by atoms with Crippen molar-refractivity contribution in [2.75, 3.05) is 7.11 Å². The Balaban J connectivity index is 1.96. The van der Waals surface area contributed by atoms with Gasteiger partial charge in [-0.1, -0.05) is 48.0 Å². The number of aromatic nitrogens is 1. The van der Waals surface area contributed by atoms with Crippen LogP contribution in [0, 0.1) is 0 Å². The van der Waals surface area contributed by atoms with Crippen LogP contribution >= 0.6 is 11.6 Å². The smallest absolute Gasteiger partial charge is 0.223 e. The number of halogens is 1. The van der Waals surface area contributed by atoms with Crippen LogP contribution in [0.4, 0.5) is 0 Å². The first kappa shape index (κ1) is 13.7. The van der Waals surface area contributed by atoms with Crippen molar-refractivity contribution in [2.24, 2.45) is 0 Å². The van der Waals surface area contributed by atoms with Gasteiger partial charge in [0.2, 0.25) is 5.88 Å². The molecule has 1 aromatic heterocycles. The fraction of sp³-hybridized carbons (Fsp3) is 0.118. The average Bonchev–Trinajstić information content (AvgIpc) is 2.53. The monoisotopic (exact) mass is 299 g/mol. The first-order chi connectivity index (χ1) is 10.3. The van der Waals surface area contributed by atoms with Crippen LogP contribution in [-0.4, -0.2) is 12.1 Å². The van der Waals surface area contributed by atoms with Crippen LogP contribution in [0.3, 0.4) is 0 Å². The van der Waals surface area contributed by atoms with Crippen molar-refractivity contribution in [3.05, 3.63) is 65.3 Å². The summed E-state index contributed by atoms with van der Waals surface area (Å²) < 4.78 is 11.1. The first-order valence-corrected chi connectivity index (χ1v) is 6.95. The number of hydrogen-bond acceptors (Lipinski definition) is 3. The second-order valence-corrected chi connectivity index (χ2v) is 5.00. The quantitative estimate of drug-likeness (QED) is 0.666. The molecule has 2 aromatic carbocycles. The standard InChI is InChI=1S/C17H14ClNO2/c1-20-14-8-7-13-9-16(18)19-17(15(13)10-14)21-11-12-5-3-2-4-6-12/h2-10H,11H2,1H3. The molecule has 0 unspecified atom stereocenters. The molecule has 1 heterocycles. The van der Waals surface area contributed by atoms with Gasteiger partial charge in [-0.05, 0) is 29.1 Å². The van der Waals surface area contributed by atoms with Gasteiger partial charge < -0.3 is 9.47 Å². The minimum absolute atomic E-state index is 0.413. The molecule has 0 radical (unpaired) electrons. The molecule has 0 aliphatic rings. The van der Waals surface area contributed by atoms with Crippen LogP contribution in [0.5, 0.6) is 11.6 Å². The van der Waals surface area contributed by atoms with E-state index >= 15 is 0 Å². The van der Waals surface area contributed by atoms with Crippen LogP contribution in [0.15, 0.2) is 54.6 Å². The number of ether oxygens (including phenoxy) is 2. The average molecular weight is 300 g/mol. The predicted molar refractivity (Wildman–Crippen MR) is 84.1 cm³/mol. The van der Waals surface area contributed by atoms with Crippen LogP contribution in [0.2, 0.25) is 5.15 Å². The third-order valence-corrected chi connectivity index (χ3v) is 3.39. The molecule has 0 spiro atoms. The fourth-order valence-corrected chi connectivity index (χ4v) is 2.32. The summed E-state index contributed by atoms with van der Waals surface area (Å²) in [5, 5.41) is 2.27. The van der Waals surface area contributed by atoms with Gasteiger partial charge in [0.15, 0.2) is 0 Å². The Morgan fingerprint density at radius 3 is 2.62 bits per heavy atom.